The third-order valence-electron chi connectivity index (χ3n) is 5.18. The lowest BCUT2D eigenvalue weighted by Gasteiger charge is -2.28. The number of nitrogens with one attached hydrogen (secondary N) is 1. The average Bonchev–Trinajstić information content (AvgIpc) is 2.91. The van der Waals surface area contributed by atoms with E-state index in [9.17, 15) is 4.79 Å². The van der Waals surface area contributed by atoms with Crippen molar-refractivity contribution in [3.05, 3.63) is 65.4 Å². The quantitative estimate of drug-likeness (QED) is 0.788. The first kappa shape index (κ1) is 13.8. The highest BCUT2D eigenvalue weighted by atomic mass is 16.2. The SMILES string of the molecule is O=C1Cn2c3c(c4cccc(c42)N1)CN(Cc1ccccc1)CC3. The average molecular weight is 317 g/mol. The summed E-state index contributed by atoms with van der Waals surface area (Å²) in [5, 5.41) is 4.30. The van der Waals surface area contributed by atoms with Crippen molar-refractivity contribution in [2.45, 2.75) is 26.1 Å². The Morgan fingerprint density at radius 2 is 1.88 bits per heavy atom. The topological polar surface area (TPSA) is 37.3 Å². The van der Waals surface area contributed by atoms with E-state index in [-0.39, 0.29) is 5.91 Å². The Kier molecular flexibility index (Phi) is 3.00. The van der Waals surface area contributed by atoms with Crippen molar-refractivity contribution in [1.29, 1.82) is 0 Å². The fourth-order valence-corrected chi connectivity index (χ4v) is 4.15. The summed E-state index contributed by atoms with van der Waals surface area (Å²) in [6.07, 6.45) is 1.00. The van der Waals surface area contributed by atoms with E-state index < -0.39 is 0 Å². The first-order valence-electron chi connectivity index (χ1n) is 8.49. The fraction of sp³-hybridized carbons (Fsp3) is 0.250. The number of anilines is 1. The van der Waals surface area contributed by atoms with Gasteiger partial charge < -0.3 is 9.88 Å². The van der Waals surface area contributed by atoms with Crippen molar-refractivity contribution in [1.82, 2.24) is 9.47 Å². The van der Waals surface area contributed by atoms with Gasteiger partial charge in [0, 0.05) is 37.1 Å². The predicted octanol–water partition coefficient (Wildman–Crippen LogP) is 3.15. The third kappa shape index (κ3) is 2.07. The van der Waals surface area contributed by atoms with Crippen molar-refractivity contribution in [2.24, 2.45) is 0 Å². The van der Waals surface area contributed by atoms with Gasteiger partial charge in [0.25, 0.3) is 0 Å². The van der Waals surface area contributed by atoms with Crippen LogP contribution in [0.15, 0.2) is 48.5 Å². The standard InChI is InChI=1S/C20H19N3O/c24-19-13-23-18-9-10-22(11-14-5-2-1-3-6-14)12-16(18)15-7-4-8-17(21-19)20(15)23/h1-8H,9-13H2,(H,21,24). The summed E-state index contributed by atoms with van der Waals surface area (Å²) in [5.74, 6) is 0.0834. The van der Waals surface area contributed by atoms with E-state index in [0.717, 1.165) is 31.7 Å². The molecule has 0 saturated heterocycles. The van der Waals surface area contributed by atoms with Gasteiger partial charge in [0.15, 0.2) is 0 Å². The normalized spacial score (nSPS) is 16.9. The molecule has 0 aliphatic carbocycles. The zero-order chi connectivity index (χ0) is 16.1. The van der Waals surface area contributed by atoms with Gasteiger partial charge in [-0.1, -0.05) is 42.5 Å². The molecule has 3 aromatic rings. The lowest BCUT2D eigenvalue weighted by molar-refractivity contribution is -0.116. The third-order valence-corrected chi connectivity index (χ3v) is 5.18. The molecular weight excluding hydrogens is 298 g/mol. The molecule has 0 fully saturated rings. The maximum atomic E-state index is 12.0. The maximum absolute atomic E-state index is 12.0. The molecule has 2 aliphatic rings. The van der Waals surface area contributed by atoms with E-state index in [4.69, 9.17) is 0 Å². The Morgan fingerprint density at radius 3 is 2.75 bits per heavy atom. The number of hydrogen-bond acceptors (Lipinski definition) is 2. The number of nitrogens with zero attached hydrogens (tertiary/aromatic N) is 2. The van der Waals surface area contributed by atoms with Gasteiger partial charge in [0.1, 0.15) is 6.54 Å². The molecule has 0 unspecified atom stereocenters. The molecule has 5 rings (SSSR count). The van der Waals surface area contributed by atoms with Gasteiger partial charge in [-0.2, -0.15) is 0 Å². The minimum atomic E-state index is 0.0834. The van der Waals surface area contributed by atoms with Crippen LogP contribution in [-0.2, 0) is 30.8 Å². The molecule has 3 heterocycles. The van der Waals surface area contributed by atoms with Crippen LogP contribution < -0.4 is 5.32 Å². The van der Waals surface area contributed by atoms with Gasteiger partial charge in [-0.25, -0.2) is 0 Å². The Labute approximate surface area is 140 Å². The van der Waals surface area contributed by atoms with E-state index in [1.165, 1.54) is 27.7 Å². The molecule has 120 valence electrons. The van der Waals surface area contributed by atoms with Crippen LogP contribution in [0.1, 0.15) is 16.8 Å². The number of carbonyl (C=O) groups is 1. The van der Waals surface area contributed by atoms with Crippen LogP contribution in [0.3, 0.4) is 0 Å². The van der Waals surface area contributed by atoms with E-state index in [1.54, 1.807) is 0 Å². The Bertz CT molecular complexity index is 942. The summed E-state index contributed by atoms with van der Waals surface area (Å²) < 4.78 is 2.23. The molecule has 0 radical (unpaired) electrons. The largest absolute Gasteiger partial charge is 0.333 e. The van der Waals surface area contributed by atoms with Crippen LogP contribution in [0, 0.1) is 0 Å². The lowest BCUT2D eigenvalue weighted by Crippen LogP contribution is -2.32. The van der Waals surface area contributed by atoms with Crippen LogP contribution in [0.2, 0.25) is 0 Å². The monoisotopic (exact) mass is 317 g/mol. The van der Waals surface area contributed by atoms with Gasteiger partial charge in [-0.05, 0) is 17.2 Å². The zero-order valence-electron chi connectivity index (χ0n) is 13.5. The van der Waals surface area contributed by atoms with Gasteiger partial charge >= 0.3 is 0 Å². The highest BCUT2D eigenvalue weighted by Gasteiger charge is 2.28. The maximum Gasteiger partial charge on any atom is 0.244 e. The summed E-state index contributed by atoms with van der Waals surface area (Å²) in [4.78, 5) is 14.5. The van der Waals surface area contributed by atoms with E-state index in [2.05, 4.69) is 51.2 Å². The summed E-state index contributed by atoms with van der Waals surface area (Å²) in [7, 11) is 0. The van der Waals surface area contributed by atoms with E-state index in [0.29, 0.717) is 6.54 Å². The van der Waals surface area contributed by atoms with Crippen molar-refractivity contribution in [3.8, 4) is 0 Å². The van der Waals surface area contributed by atoms with Crippen LogP contribution in [0.4, 0.5) is 5.69 Å². The molecule has 2 aromatic carbocycles. The summed E-state index contributed by atoms with van der Waals surface area (Å²) in [6, 6.07) is 16.9. The molecule has 4 nitrogen and oxygen atoms in total. The number of amides is 1. The second-order valence-electron chi connectivity index (χ2n) is 6.71. The van der Waals surface area contributed by atoms with Crippen molar-refractivity contribution in [2.75, 3.05) is 11.9 Å². The molecule has 0 saturated carbocycles. The number of aromatic nitrogens is 1. The Hall–Kier alpha value is -2.59. The molecule has 0 atom stereocenters. The van der Waals surface area contributed by atoms with Crippen LogP contribution in [-0.4, -0.2) is 21.9 Å². The van der Waals surface area contributed by atoms with Gasteiger partial charge in [-0.3, -0.25) is 9.69 Å². The zero-order valence-corrected chi connectivity index (χ0v) is 13.5. The Morgan fingerprint density at radius 1 is 1.00 bits per heavy atom. The number of para-hydroxylation sites is 1. The van der Waals surface area contributed by atoms with Gasteiger partial charge in [-0.15, -0.1) is 0 Å². The first-order valence-corrected chi connectivity index (χ1v) is 8.49. The number of fused-ring (bicyclic) bond motifs is 3. The van der Waals surface area contributed by atoms with Crippen molar-refractivity contribution in [3.63, 3.8) is 0 Å². The van der Waals surface area contributed by atoms with Crippen molar-refractivity contribution >= 4 is 22.5 Å². The number of hydrogen-bond donors (Lipinski definition) is 1. The molecule has 0 bridgehead atoms. The lowest BCUT2D eigenvalue weighted by atomic mass is 10.0. The fourth-order valence-electron chi connectivity index (χ4n) is 4.15. The molecule has 0 spiro atoms. The predicted molar refractivity (Wildman–Crippen MR) is 94.8 cm³/mol. The molecule has 4 heteroatoms. The molecule has 1 aromatic heterocycles. The summed E-state index contributed by atoms with van der Waals surface area (Å²) in [6.45, 7) is 3.41. The first-order chi connectivity index (χ1) is 11.8. The molecule has 2 aliphatic heterocycles. The Balaban J connectivity index is 1.55. The molecular formula is C20H19N3O. The van der Waals surface area contributed by atoms with Crippen molar-refractivity contribution < 1.29 is 4.79 Å². The number of carbonyl (C=O) groups excluding carboxylic acids is 1. The smallest absolute Gasteiger partial charge is 0.244 e. The van der Waals surface area contributed by atoms with E-state index in [1.807, 2.05) is 12.1 Å². The molecule has 24 heavy (non-hydrogen) atoms. The van der Waals surface area contributed by atoms with Gasteiger partial charge in [0.2, 0.25) is 5.91 Å². The van der Waals surface area contributed by atoms with Crippen LogP contribution in [0.25, 0.3) is 10.9 Å². The molecule has 1 N–H and O–H groups in total. The second kappa shape index (κ2) is 5.21. The van der Waals surface area contributed by atoms with Gasteiger partial charge in [0.05, 0.1) is 11.2 Å². The summed E-state index contributed by atoms with van der Waals surface area (Å²) >= 11 is 0. The van der Waals surface area contributed by atoms with Crippen LogP contribution in [0.5, 0.6) is 0 Å². The minimum absolute atomic E-state index is 0.0834. The van der Waals surface area contributed by atoms with E-state index >= 15 is 0 Å². The highest BCUT2D eigenvalue weighted by Crippen LogP contribution is 2.36. The number of benzene rings is 2. The summed E-state index contributed by atoms with van der Waals surface area (Å²) in [5.41, 5.74) is 6.24. The van der Waals surface area contributed by atoms with Crippen LogP contribution >= 0.6 is 0 Å². The number of rotatable bonds is 2. The molecule has 1 amide bonds. The minimum Gasteiger partial charge on any atom is -0.333 e. The highest BCUT2D eigenvalue weighted by molar-refractivity contribution is 6.06. The second-order valence-corrected chi connectivity index (χ2v) is 6.71.